The van der Waals surface area contributed by atoms with Crippen molar-refractivity contribution in [2.75, 3.05) is 26.2 Å². The lowest BCUT2D eigenvalue weighted by Gasteiger charge is -2.27. The fourth-order valence-corrected chi connectivity index (χ4v) is 3.20. The van der Waals surface area contributed by atoms with E-state index < -0.39 is 0 Å². The van der Waals surface area contributed by atoms with Gasteiger partial charge >= 0.3 is 0 Å². The van der Waals surface area contributed by atoms with Gasteiger partial charge < -0.3 is 10.2 Å². The first-order valence-corrected chi connectivity index (χ1v) is 8.53. The molecule has 0 aromatic rings. The number of rotatable bonds is 8. The van der Waals surface area contributed by atoms with Gasteiger partial charge in [-0.15, -0.1) is 0 Å². The molecule has 0 aromatic carbocycles. The third-order valence-corrected chi connectivity index (χ3v) is 3.96. The first-order valence-electron chi connectivity index (χ1n) is 8.53. The largest absolute Gasteiger partial charge is 0.313 e. The summed E-state index contributed by atoms with van der Waals surface area (Å²) in [5.41, 5.74) is 0. The van der Waals surface area contributed by atoms with E-state index in [4.69, 9.17) is 0 Å². The Hall–Kier alpha value is -0.0800. The lowest BCUT2D eigenvalue weighted by atomic mass is 10.1. The summed E-state index contributed by atoms with van der Waals surface area (Å²) in [6.07, 6.45) is 8.55. The Morgan fingerprint density at radius 2 is 1.42 bits per heavy atom. The summed E-state index contributed by atoms with van der Waals surface area (Å²) in [7, 11) is 0. The molecule has 19 heavy (non-hydrogen) atoms. The van der Waals surface area contributed by atoms with E-state index in [2.05, 4.69) is 37.9 Å². The summed E-state index contributed by atoms with van der Waals surface area (Å²) in [5, 5.41) is 3.80. The van der Waals surface area contributed by atoms with Crippen molar-refractivity contribution < 1.29 is 0 Å². The summed E-state index contributed by atoms with van der Waals surface area (Å²) in [6.45, 7) is 14.2. The van der Waals surface area contributed by atoms with Crippen LogP contribution in [0, 0.1) is 11.8 Å². The van der Waals surface area contributed by atoms with Crippen LogP contribution in [0.3, 0.4) is 0 Å². The van der Waals surface area contributed by atoms with Gasteiger partial charge in [-0.05, 0) is 24.7 Å². The van der Waals surface area contributed by atoms with Crippen LogP contribution in [0.15, 0.2) is 0 Å². The number of nitrogens with one attached hydrogen (secondary N) is 1. The first kappa shape index (κ1) is 17.0. The average Bonchev–Trinajstić information content (AvgIpc) is 2.55. The molecule has 0 saturated heterocycles. The van der Waals surface area contributed by atoms with Gasteiger partial charge in [0, 0.05) is 32.2 Å². The number of hydrogen-bond acceptors (Lipinski definition) is 2. The molecule has 114 valence electrons. The Kier molecular flexibility index (Phi) is 8.72. The molecule has 1 N–H and O–H groups in total. The molecule has 0 amide bonds. The third kappa shape index (κ3) is 8.65. The van der Waals surface area contributed by atoms with Crippen molar-refractivity contribution in [3.8, 4) is 0 Å². The van der Waals surface area contributed by atoms with Gasteiger partial charge in [0.15, 0.2) is 0 Å². The Morgan fingerprint density at radius 3 is 1.89 bits per heavy atom. The van der Waals surface area contributed by atoms with Crippen molar-refractivity contribution in [2.45, 2.75) is 72.3 Å². The van der Waals surface area contributed by atoms with Crippen molar-refractivity contribution in [3.63, 3.8) is 0 Å². The van der Waals surface area contributed by atoms with Gasteiger partial charge in [-0.1, -0.05) is 53.4 Å². The van der Waals surface area contributed by atoms with Crippen LogP contribution in [-0.4, -0.2) is 37.1 Å². The smallest absolute Gasteiger partial charge is 0.0107 e. The molecule has 0 heterocycles. The zero-order chi connectivity index (χ0) is 14.1. The Balaban J connectivity index is 2.21. The van der Waals surface area contributed by atoms with E-state index >= 15 is 0 Å². The molecule has 0 unspecified atom stereocenters. The molecule has 0 atom stereocenters. The minimum Gasteiger partial charge on any atom is -0.313 e. The van der Waals surface area contributed by atoms with Crippen LogP contribution in [-0.2, 0) is 0 Å². The van der Waals surface area contributed by atoms with Gasteiger partial charge in [0.2, 0.25) is 0 Å². The lowest BCUT2D eigenvalue weighted by molar-refractivity contribution is 0.216. The highest BCUT2D eigenvalue weighted by Crippen LogP contribution is 2.17. The van der Waals surface area contributed by atoms with E-state index in [1.54, 1.807) is 0 Å². The molecule has 1 saturated carbocycles. The summed E-state index contributed by atoms with van der Waals surface area (Å²) >= 11 is 0. The molecule has 0 bridgehead atoms. The molecule has 2 heteroatoms. The van der Waals surface area contributed by atoms with Crippen LogP contribution < -0.4 is 5.32 Å². The predicted octanol–water partition coefficient (Wildman–Crippen LogP) is 3.91. The van der Waals surface area contributed by atoms with Gasteiger partial charge in [-0.2, -0.15) is 0 Å². The molecule has 1 fully saturated rings. The second-order valence-electron chi connectivity index (χ2n) is 7.19. The van der Waals surface area contributed by atoms with Gasteiger partial charge in [-0.25, -0.2) is 0 Å². The summed E-state index contributed by atoms with van der Waals surface area (Å²) in [5.74, 6) is 1.55. The number of hydrogen-bond donors (Lipinski definition) is 1. The monoisotopic (exact) mass is 268 g/mol. The van der Waals surface area contributed by atoms with Crippen LogP contribution >= 0.6 is 0 Å². The summed E-state index contributed by atoms with van der Waals surface area (Å²) in [4.78, 5) is 2.64. The quantitative estimate of drug-likeness (QED) is 0.671. The zero-order valence-corrected chi connectivity index (χ0v) is 13.8. The van der Waals surface area contributed by atoms with Gasteiger partial charge in [0.25, 0.3) is 0 Å². The normalized spacial score (nSPS) is 18.5. The van der Waals surface area contributed by atoms with E-state index in [1.807, 2.05) is 0 Å². The van der Waals surface area contributed by atoms with Gasteiger partial charge in [0.05, 0.1) is 0 Å². The zero-order valence-electron chi connectivity index (χ0n) is 13.8. The van der Waals surface area contributed by atoms with Gasteiger partial charge in [-0.3, -0.25) is 0 Å². The Bertz CT molecular complexity index is 195. The van der Waals surface area contributed by atoms with Crippen molar-refractivity contribution in [1.29, 1.82) is 0 Å². The van der Waals surface area contributed by atoms with E-state index in [0.29, 0.717) is 0 Å². The fourth-order valence-electron chi connectivity index (χ4n) is 3.20. The molecule has 1 aliphatic carbocycles. The Morgan fingerprint density at radius 1 is 0.895 bits per heavy atom. The highest BCUT2D eigenvalue weighted by Gasteiger charge is 2.13. The van der Waals surface area contributed by atoms with E-state index in [0.717, 1.165) is 17.9 Å². The molecule has 0 radical (unpaired) electrons. The molecule has 0 spiro atoms. The minimum atomic E-state index is 0.775. The van der Waals surface area contributed by atoms with Crippen molar-refractivity contribution in [3.05, 3.63) is 0 Å². The fraction of sp³-hybridized carbons (Fsp3) is 1.00. The first-order chi connectivity index (χ1) is 9.08. The van der Waals surface area contributed by atoms with E-state index in [9.17, 15) is 0 Å². The van der Waals surface area contributed by atoms with Crippen LogP contribution in [0.25, 0.3) is 0 Å². The van der Waals surface area contributed by atoms with Crippen LogP contribution in [0.1, 0.15) is 66.2 Å². The maximum atomic E-state index is 3.80. The molecule has 0 aliphatic heterocycles. The SMILES string of the molecule is CC(C)CN(CCNC1CCCCCC1)CC(C)C. The Labute approximate surface area is 121 Å². The van der Waals surface area contributed by atoms with Crippen molar-refractivity contribution in [2.24, 2.45) is 11.8 Å². The molecular formula is C17H36N2. The number of nitrogens with zero attached hydrogens (tertiary/aromatic N) is 1. The van der Waals surface area contributed by atoms with Crippen LogP contribution in [0.4, 0.5) is 0 Å². The summed E-state index contributed by atoms with van der Waals surface area (Å²) in [6, 6.07) is 0.794. The highest BCUT2D eigenvalue weighted by atomic mass is 15.1. The molecule has 0 aromatic heterocycles. The summed E-state index contributed by atoms with van der Waals surface area (Å²) < 4.78 is 0. The maximum absolute atomic E-state index is 3.80. The van der Waals surface area contributed by atoms with Crippen molar-refractivity contribution in [1.82, 2.24) is 10.2 Å². The average molecular weight is 268 g/mol. The molecule has 1 aliphatic rings. The topological polar surface area (TPSA) is 15.3 Å². The third-order valence-electron chi connectivity index (χ3n) is 3.96. The van der Waals surface area contributed by atoms with Crippen LogP contribution in [0.5, 0.6) is 0 Å². The molecular weight excluding hydrogens is 232 g/mol. The van der Waals surface area contributed by atoms with Gasteiger partial charge in [0.1, 0.15) is 0 Å². The second-order valence-corrected chi connectivity index (χ2v) is 7.19. The predicted molar refractivity (Wildman–Crippen MR) is 85.6 cm³/mol. The molecule has 2 nitrogen and oxygen atoms in total. The maximum Gasteiger partial charge on any atom is 0.0107 e. The van der Waals surface area contributed by atoms with E-state index in [-0.39, 0.29) is 0 Å². The highest BCUT2D eigenvalue weighted by molar-refractivity contribution is 4.72. The van der Waals surface area contributed by atoms with Crippen LogP contribution in [0.2, 0.25) is 0 Å². The standard InChI is InChI=1S/C17H36N2/c1-15(2)13-19(14-16(3)4)12-11-18-17-9-7-5-6-8-10-17/h15-18H,5-14H2,1-4H3. The second kappa shape index (κ2) is 9.77. The van der Waals surface area contributed by atoms with Crippen molar-refractivity contribution >= 4 is 0 Å². The van der Waals surface area contributed by atoms with E-state index in [1.165, 1.54) is 64.7 Å². The lowest BCUT2D eigenvalue weighted by Crippen LogP contribution is -2.39. The minimum absolute atomic E-state index is 0.775. The molecule has 1 rings (SSSR count).